The van der Waals surface area contributed by atoms with Gasteiger partial charge in [-0.3, -0.25) is 0 Å². The van der Waals surface area contributed by atoms with Crippen molar-refractivity contribution in [3.05, 3.63) is 63.6 Å². The van der Waals surface area contributed by atoms with Crippen LogP contribution in [0.15, 0.2) is 40.9 Å². The fourth-order valence-corrected chi connectivity index (χ4v) is 2.20. The summed E-state index contributed by atoms with van der Waals surface area (Å²) in [5.74, 6) is -1.20. The summed E-state index contributed by atoms with van der Waals surface area (Å²) in [4.78, 5) is 0. The molecule has 0 amide bonds. The molecule has 0 bridgehead atoms. The molecule has 2 aromatic carbocycles. The van der Waals surface area contributed by atoms with E-state index in [1.165, 1.54) is 12.1 Å². The third-order valence-corrected chi connectivity index (χ3v) is 3.37. The standard InChI is InChI=1S/C15H14BrF2NO/c1-9(19)12-7-11(16)5-6-14(12)20-8-10-3-2-4-13(17)15(10)18/h2-7,9H,8,19H2,1H3/t9-/m1/s1. The molecule has 0 saturated carbocycles. The zero-order valence-electron chi connectivity index (χ0n) is 10.9. The summed E-state index contributed by atoms with van der Waals surface area (Å²) in [5, 5.41) is 0. The maximum absolute atomic E-state index is 13.5. The van der Waals surface area contributed by atoms with E-state index in [0.29, 0.717) is 5.75 Å². The number of halogens is 3. The van der Waals surface area contributed by atoms with E-state index in [9.17, 15) is 8.78 Å². The summed E-state index contributed by atoms with van der Waals surface area (Å²) in [5.41, 5.74) is 6.84. The summed E-state index contributed by atoms with van der Waals surface area (Å²) < 4.78 is 33.1. The van der Waals surface area contributed by atoms with Crippen molar-refractivity contribution in [2.45, 2.75) is 19.6 Å². The van der Waals surface area contributed by atoms with E-state index in [2.05, 4.69) is 15.9 Å². The molecule has 2 rings (SSSR count). The molecule has 2 nitrogen and oxygen atoms in total. The number of benzene rings is 2. The maximum Gasteiger partial charge on any atom is 0.165 e. The zero-order valence-corrected chi connectivity index (χ0v) is 12.5. The molecule has 20 heavy (non-hydrogen) atoms. The van der Waals surface area contributed by atoms with E-state index in [1.54, 1.807) is 6.07 Å². The van der Waals surface area contributed by atoms with Crippen LogP contribution in [0, 0.1) is 11.6 Å². The average molecular weight is 342 g/mol. The lowest BCUT2D eigenvalue weighted by Crippen LogP contribution is -2.09. The minimum Gasteiger partial charge on any atom is -0.488 e. The van der Waals surface area contributed by atoms with E-state index in [0.717, 1.165) is 16.1 Å². The van der Waals surface area contributed by atoms with Crippen molar-refractivity contribution >= 4 is 15.9 Å². The van der Waals surface area contributed by atoms with E-state index in [4.69, 9.17) is 10.5 Å². The predicted octanol–water partition coefficient (Wildman–Crippen LogP) is 4.33. The van der Waals surface area contributed by atoms with Crippen LogP contribution in [0.2, 0.25) is 0 Å². The second-order valence-electron chi connectivity index (χ2n) is 4.47. The van der Waals surface area contributed by atoms with Crippen molar-refractivity contribution in [3.8, 4) is 5.75 Å². The smallest absolute Gasteiger partial charge is 0.165 e. The monoisotopic (exact) mass is 341 g/mol. The number of ether oxygens (including phenoxy) is 1. The van der Waals surface area contributed by atoms with Crippen molar-refractivity contribution in [3.63, 3.8) is 0 Å². The molecule has 5 heteroatoms. The molecule has 0 aromatic heterocycles. The molecule has 0 aliphatic rings. The molecular formula is C15H14BrF2NO. The van der Waals surface area contributed by atoms with E-state index < -0.39 is 11.6 Å². The normalized spacial score (nSPS) is 12.2. The quantitative estimate of drug-likeness (QED) is 0.898. The van der Waals surface area contributed by atoms with Crippen molar-refractivity contribution in [2.75, 3.05) is 0 Å². The summed E-state index contributed by atoms with van der Waals surface area (Å²) >= 11 is 3.36. The van der Waals surface area contributed by atoms with Crippen molar-refractivity contribution < 1.29 is 13.5 Å². The Bertz CT molecular complexity index is 617. The molecule has 106 valence electrons. The van der Waals surface area contributed by atoms with E-state index in [1.807, 2.05) is 19.1 Å². The predicted molar refractivity (Wildman–Crippen MR) is 77.4 cm³/mol. The van der Waals surface area contributed by atoms with Gasteiger partial charge < -0.3 is 10.5 Å². The van der Waals surface area contributed by atoms with Crippen LogP contribution >= 0.6 is 15.9 Å². The van der Waals surface area contributed by atoms with Gasteiger partial charge in [-0.05, 0) is 31.2 Å². The Morgan fingerprint density at radius 1 is 1.25 bits per heavy atom. The number of rotatable bonds is 4. The van der Waals surface area contributed by atoms with E-state index in [-0.39, 0.29) is 18.2 Å². The SMILES string of the molecule is C[C@@H](N)c1cc(Br)ccc1OCc1cccc(F)c1F. The number of hydrogen-bond acceptors (Lipinski definition) is 2. The maximum atomic E-state index is 13.5. The number of nitrogens with two attached hydrogens (primary N) is 1. The van der Waals surface area contributed by atoms with Gasteiger partial charge in [0, 0.05) is 21.6 Å². The third kappa shape index (κ3) is 3.35. The molecule has 2 aromatic rings. The topological polar surface area (TPSA) is 35.2 Å². The van der Waals surface area contributed by atoms with Crippen LogP contribution in [0.4, 0.5) is 8.78 Å². The molecule has 0 fully saturated rings. The first-order chi connectivity index (χ1) is 9.49. The molecular weight excluding hydrogens is 328 g/mol. The summed E-state index contributed by atoms with van der Waals surface area (Å²) in [7, 11) is 0. The van der Waals surface area contributed by atoms with Gasteiger partial charge in [-0.1, -0.05) is 28.1 Å². The molecule has 0 heterocycles. The van der Waals surface area contributed by atoms with Crippen molar-refractivity contribution in [1.29, 1.82) is 0 Å². The largest absolute Gasteiger partial charge is 0.488 e. The van der Waals surface area contributed by atoms with Crippen LogP contribution in [0.5, 0.6) is 5.75 Å². The molecule has 2 N–H and O–H groups in total. The Hall–Kier alpha value is -1.46. The molecule has 0 unspecified atom stereocenters. The minimum atomic E-state index is -0.882. The van der Waals surface area contributed by atoms with E-state index >= 15 is 0 Å². The molecule has 1 atom stereocenters. The minimum absolute atomic E-state index is 0.0506. The Morgan fingerprint density at radius 3 is 2.70 bits per heavy atom. The summed E-state index contributed by atoms with van der Waals surface area (Å²) in [6, 6.07) is 9.20. The fourth-order valence-electron chi connectivity index (χ4n) is 1.82. The molecule has 0 aliphatic carbocycles. The van der Waals surface area contributed by atoms with Crippen LogP contribution in [-0.4, -0.2) is 0 Å². The highest BCUT2D eigenvalue weighted by atomic mass is 79.9. The van der Waals surface area contributed by atoms with Crippen molar-refractivity contribution in [2.24, 2.45) is 5.73 Å². The van der Waals surface area contributed by atoms with Gasteiger partial charge in [-0.25, -0.2) is 8.78 Å². The van der Waals surface area contributed by atoms with Gasteiger partial charge in [-0.2, -0.15) is 0 Å². The molecule has 0 saturated heterocycles. The molecule has 0 spiro atoms. The Balaban J connectivity index is 2.21. The number of hydrogen-bond donors (Lipinski definition) is 1. The average Bonchev–Trinajstić information content (AvgIpc) is 2.41. The van der Waals surface area contributed by atoms with Crippen LogP contribution in [0.3, 0.4) is 0 Å². The first-order valence-corrected chi connectivity index (χ1v) is 6.89. The lowest BCUT2D eigenvalue weighted by atomic mass is 10.1. The van der Waals surface area contributed by atoms with Crippen LogP contribution in [0.1, 0.15) is 24.1 Å². The van der Waals surface area contributed by atoms with Gasteiger partial charge in [0.05, 0.1) is 0 Å². The van der Waals surface area contributed by atoms with Gasteiger partial charge in [0.2, 0.25) is 0 Å². The summed E-state index contributed by atoms with van der Waals surface area (Å²) in [6.07, 6.45) is 0. The Kier molecular flexibility index (Phi) is 4.73. The first kappa shape index (κ1) is 14.9. The van der Waals surface area contributed by atoms with Gasteiger partial charge in [0.1, 0.15) is 12.4 Å². The van der Waals surface area contributed by atoms with Crippen molar-refractivity contribution in [1.82, 2.24) is 0 Å². The second kappa shape index (κ2) is 6.33. The van der Waals surface area contributed by atoms with Gasteiger partial charge in [0.15, 0.2) is 11.6 Å². The fraction of sp³-hybridized carbons (Fsp3) is 0.200. The highest BCUT2D eigenvalue weighted by Gasteiger charge is 2.12. The third-order valence-electron chi connectivity index (χ3n) is 2.88. The first-order valence-electron chi connectivity index (χ1n) is 6.09. The highest BCUT2D eigenvalue weighted by Crippen LogP contribution is 2.28. The lowest BCUT2D eigenvalue weighted by Gasteiger charge is -2.15. The van der Waals surface area contributed by atoms with Crippen LogP contribution < -0.4 is 10.5 Å². The van der Waals surface area contributed by atoms with Gasteiger partial charge in [-0.15, -0.1) is 0 Å². The zero-order chi connectivity index (χ0) is 14.7. The highest BCUT2D eigenvalue weighted by molar-refractivity contribution is 9.10. The Morgan fingerprint density at radius 2 is 2.00 bits per heavy atom. The van der Waals surface area contributed by atoms with Crippen LogP contribution in [-0.2, 0) is 6.61 Å². The Labute approximate surface area is 124 Å². The lowest BCUT2D eigenvalue weighted by molar-refractivity contribution is 0.293. The van der Waals surface area contributed by atoms with Crippen LogP contribution in [0.25, 0.3) is 0 Å². The van der Waals surface area contributed by atoms with Gasteiger partial charge in [0.25, 0.3) is 0 Å². The molecule has 0 radical (unpaired) electrons. The van der Waals surface area contributed by atoms with Gasteiger partial charge >= 0.3 is 0 Å². The second-order valence-corrected chi connectivity index (χ2v) is 5.39. The molecule has 0 aliphatic heterocycles. The summed E-state index contributed by atoms with van der Waals surface area (Å²) in [6.45, 7) is 1.78.